The van der Waals surface area contributed by atoms with Gasteiger partial charge in [0.25, 0.3) is 5.56 Å². The van der Waals surface area contributed by atoms with Crippen molar-refractivity contribution < 1.29 is 14.0 Å². The number of fused-ring (bicyclic) bond motifs is 2. The molecular formula is C21H20N4O4S2. The lowest BCUT2D eigenvalue weighted by Crippen LogP contribution is -2.23. The van der Waals surface area contributed by atoms with Crippen LogP contribution in [0.25, 0.3) is 21.6 Å². The maximum atomic E-state index is 13.3. The molecule has 0 amide bonds. The quantitative estimate of drug-likeness (QED) is 0.214. The molecule has 0 fully saturated rings. The third-order valence-electron chi connectivity index (χ3n) is 4.93. The Bertz CT molecular complexity index is 1270. The lowest BCUT2D eigenvalue weighted by molar-refractivity contribution is 0.174. The molecule has 1 aliphatic heterocycles. The van der Waals surface area contributed by atoms with Crippen LogP contribution >= 0.6 is 23.1 Å². The summed E-state index contributed by atoms with van der Waals surface area (Å²) in [6.45, 7) is 2.90. The molecule has 0 bridgehead atoms. The highest BCUT2D eigenvalue weighted by Crippen LogP contribution is 2.35. The van der Waals surface area contributed by atoms with E-state index in [1.807, 2.05) is 17.5 Å². The van der Waals surface area contributed by atoms with E-state index in [1.165, 1.54) is 11.8 Å². The van der Waals surface area contributed by atoms with Crippen LogP contribution in [0.15, 0.2) is 44.1 Å². The van der Waals surface area contributed by atoms with Crippen LogP contribution in [0.3, 0.4) is 0 Å². The van der Waals surface area contributed by atoms with Gasteiger partial charge in [-0.3, -0.25) is 9.36 Å². The zero-order chi connectivity index (χ0) is 21.2. The first-order chi connectivity index (χ1) is 15.2. The number of thiophene rings is 1. The van der Waals surface area contributed by atoms with Crippen molar-refractivity contribution in [3.05, 3.63) is 45.9 Å². The van der Waals surface area contributed by atoms with E-state index in [4.69, 9.17) is 19.0 Å². The van der Waals surface area contributed by atoms with E-state index in [0.29, 0.717) is 51.6 Å². The standard InChI is InChI=1S/C21H20N4O4S2/c1-2-3-4-7-25-20(26)13-9-15-16(28-12-27-15)10-14(13)22-21(25)31-11-18-23-19(24-29-18)17-6-5-8-30-17/h5-6,8-10H,2-4,7,11-12H2,1H3. The fourth-order valence-corrected chi connectivity index (χ4v) is 4.88. The molecule has 10 heteroatoms. The molecule has 8 nitrogen and oxygen atoms in total. The second kappa shape index (κ2) is 8.72. The number of rotatable bonds is 8. The second-order valence-corrected chi connectivity index (χ2v) is 8.95. The molecule has 0 N–H and O–H groups in total. The molecule has 31 heavy (non-hydrogen) atoms. The molecule has 0 aliphatic carbocycles. The van der Waals surface area contributed by atoms with Gasteiger partial charge in [-0.1, -0.05) is 42.8 Å². The fourth-order valence-electron chi connectivity index (χ4n) is 3.36. The van der Waals surface area contributed by atoms with Crippen molar-refractivity contribution in [2.24, 2.45) is 0 Å². The SMILES string of the molecule is CCCCCn1c(SCc2nc(-c3cccs3)no2)nc2cc3c(cc2c1=O)OCO3. The number of unbranched alkanes of at least 4 members (excludes halogenated alkanes) is 2. The van der Waals surface area contributed by atoms with Crippen molar-refractivity contribution >= 4 is 34.0 Å². The summed E-state index contributed by atoms with van der Waals surface area (Å²) in [5, 5.41) is 7.18. The topological polar surface area (TPSA) is 92.3 Å². The summed E-state index contributed by atoms with van der Waals surface area (Å²) in [6.07, 6.45) is 3.03. The van der Waals surface area contributed by atoms with Gasteiger partial charge in [0.1, 0.15) is 0 Å². The van der Waals surface area contributed by atoms with Crippen LogP contribution in [0.4, 0.5) is 0 Å². The lowest BCUT2D eigenvalue weighted by Gasteiger charge is -2.12. The molecule has 0 spiro atoms. The van der Waals surface area contributed by atoms with Crippen LogP contribution in [-0.4, -0.2) is 26.5 Å². The summed E-state index contributed by atoms with van der Waals surface area (Å²) in [6, 6.07) is 7.39. The van der Waals surface area contributed by atoms with E-state index < -0.39 is 0 Å². The van der Waals surface area contributed by atoms with Gasteiger partial charge in [-0.15, -0.1) is 11.3 Å². The van der Waals surface area contributed by atoms with Crippen molar-refractivity contribution in [2.45, 2.75) is 43.6 Å². The van der Waals surface area contributed by atoms with Gasteiger partial charge >= 0.3 is 0 Å². The van der Waals surface area contributed by atoms with Crippen molar-refractivity contribution in [3.63, 3.8) is 0 Å². The zero-order valence-corrected chi connectivity index (χ0v) is 18.5. The Morgan fingerprint density at radius 1 is 1.19 bits per heavy atom. The highest BCUT2D eigenvalue weighted by Gasteiger charge is 2.20. The highest BCUT2D eigenvalue weighted by atomic mass is 32.2. The normalized spacial score (nSPS) is 12.7. The van der Waals surface area contributed by atoms with Gasteiger partial charge in [0.05, 0.1) is 21.5 Å². The predicted molar refractivity (Wildman–Crippen MR) is 119 cm³/mol. The van der Waals surface area contributed by atoms with Crippen LogP contribution in [0.5, 0.6) is 11.5 Å². The first-order valence-electron chi connectivity index (χ1n) is 10.1. The van der Waals surface area contributed by atoms with Gasteiger partial charge in [-0.05, 0) is 23.9 Å². The number of ether oxygens (including phenoxy) is 2. The van der Waals surface area contributed by atoms with Crippen molar-refractivity contribution in [1.29, 1.82) is 0 Å². The summed E-state index contributed by atoms with van der Waals surface area (Å²) in [7, 11) is 0. The first-order valence-corrected chi connectivity index (χ1v) is 11.9. The van der Waals surface area contributed by atoms with E-state index in [0.717, 1.165) is 24.1 Å². The Hall–Kier alpha value is -2.85. The van der Waals surface area contributed by atoms with Crippen LogP contribution in [0, 0.1) is 0 Å². The van der Waals surface area contributed by atoms with E-state index in [-0.39, 0.29) is 12.4 Å². The van der Waals surface area contributed by atoms with Crippen LogP contribution < -0.4 is 15.0 Å². The molecule has 0 radical (unpaired) electrons. The molecule has 0 atom stereocenters. The smallest absolute Gasteiger partial charge is 0.262 e. The van der Waals surface area contributed by atoms with Gasteiger partial charge in [-0.2, -0.15) is 4.98 Å². The Kier molecular flexibility index (Phi) is 5.65. The van der Waals surface area contributed by atoms with Gasteiger partial charge in [0.2, 0.25) is 18.5 Å². The van der Waals surface area contributed by atoms with Crippen molar-refractivity contribution in [1.82, 2.24) is 19.7 Å². The lowest BCUT2D eigenvalue weighted by atomic mass is 10.2. The molecule has 4 aromatic rings. The number of nitrogens with zero attached hydrogens (tertiary/aromatic N) is 4. The van der Waals surface area contributed by atoms with Gasteiger partial charge in [0.15, 0.2) is 16.7 Å². The number of aromatic nitrogens is 4. The molecule has 0 saturated carbocycles. The first kappa shape index (κ1) is 20.1. The summed E-state index contributed by atoms with van der Waals surface area (Å²) in [4.78, 5) is 23.5. The molecule has 1 aliphatic rings. The van der Waals surface area contributed by atoms with E-state index >= 15 is 0 Å². The molecule has 4 heterocycles. The molecule has 5 rings (SSSR count). The van der Waals surface area contributed by atoms with Gasteiger partial charge < -0.3 is 14.0 Å². The molecule has 0 unspecified atom stereocenters. The van der Waals surface area contributed by atoms with Gasteiger partial charge in [0, 0.05) is 12.6 Å². The number of hydrogen-bond acceptors (Lipinski definition) is 9. The van der Waals surface area contributed by atoms with Crippen molar-refractivity contribution in [3.8, 4) is 22.2 Å². The second-order valence-electron chi connectivity index (χ2n) is 7.06. The molecule has 160 valence electrons. The Labute approximate surface area is 186 Å². The average molecular weight is 457 g/mol. The monoisotopic (exact) mass is 456 g/mol. The fraction of sp³-hybridized carbons (Fsp3) is 0.333. The maximum Gasteiger partial charge on any atom is 0.262 e. The highest BCUT2D eigenvalue weighted by molar-refractivity contribution is 7.98. The van der Waals surface area contributed by atoms with E-state index in [2.05, 4.69) is 17.1 Å². The number of benzene rings is 1. The molecule has 1 aromatic carbocycles. The largest absolute Gasteiger partial charge is 0.454 e. The number of hydrogen-bond donors (Lipinski definition) is 0. The minimum atomic E-state index is -0.0771. The minimum absolute atomic E-state index is 0.0771. The Morgan fingerprint density at radius 3 is 2.87 bits per heavy atom. The molecular weight excluding hydrogens is 436 g/mol. The minimum Gasteiger partial charge on any atom is -0.454 e. The summed E-state index contributed by atoms with van der Waals surface area (Å²) in [5.41, 5.74) is 0.514. The zero-order valence-electron chi connectivity index (χ0n) is 16.9. The van der Waals surface area contributed by atoms with Crippen LogP contribution in [0.2, 0.25) is 0 Å². The van der Waals surface area contributed by atoms with Crippen molar-refractivity contribution in [2.75, 3.05) is 6.79 Å². The average Bonchev–Trinajstić information content (AvgIpc) is 3.53. The van der Waals surface area contributed by atoms with Gasteiger partial charge in [-0.25, -0.2) is 4.98 Å². The third kappa shape index (κ3) is 4.05. The molecule has 0 saturated heterocycles. The number of thioether (sulfide) groups is 1. The van der Waals surface area contributed by atoms with Crippen LogP contribution in [0.1, 0.15) is 32.1 Å². The predicted octanol–water partition coefficient (Wildman–Crippen LogP) is 4.72. The van der Waals surface area contributed by atoms with E-state index in [9.17, 15) is 4.79 Å². The Morgan fingerprint density at radius 2 is 2.06 bits per heavy atom. The third-order valence-corrected chi connectivity index (χ3v) is 6.76. The maximum absolute atomic E-state index is 13.3. The summed E-state index contributed by atoms with van der Waals surface area (Å²) < 4.78 is 18.0. The Balaban J connectivity index is 1.46. The molecule has 3 aromatic heterocycles. The summed E-state index contributed by atoms with van der Waals surface area (Å²) in [5.74, 6) is 2.68. The summed E-state index contributed by atoms with van der Waals surface area (Å²) >= 11 is 2.98. The van der Waals surface area contributed by atoms with E-state index in [1.54, 1.807) is 28.0 Å². The van der Waals surface area contributed by atoms with Crippen LogP contribution in [-0.2, 0) is 12.3 Å².